The Labute approximate surface area is 122 Å². The molecule has 0 amide bonds. The van der Waals surface area contributed by atoms with Gasteiger partial charge in [-0.05, 0) is 34.0 Å². The molecule has 2 aromatic rings. The number of hydrogen-bond acceptors (Lipinski definition) is 4. The number of ether oxygens (including phenoxy) is 1. The van der Waals surface area contributed by atoms with Crippen molar-refractivity contribution in [3.63, 3.8) is 0 Å². The Morgan fingerprint density at radius 1 is 1.30 bits per heavy atom. The summed E-state index contributed by atoms with van der Waals surface area (Å²) >= 11 is 1.69. The van der Waals surface area contributed by atoms with Crippen molar-refractivity contribution in [3.8, 4) is 5.88 Å². The molecule has 2 N–H and O–H groups in total. The van der Waals surface area contributed by atoms with Crippen LogP contribution in [0.5, 0.6) is 5.88 Å². The Bertz CT molecular complexity index is 554. The van der Waals surface area contributed by atoms with Crippen LogP contribution in [0.25, 0.3) is 0 Å². The number of nitrogens with one attached hydrogen (secondary N) is 2. The average molecular weight is 290 g/mol. The summed E-state index contributed by atoms with van der Waals surface area (Å²) < 4.78 is 5.10. The number of aromatic nitrogens is 1. The molecule has 0 spiro atoms. The zero-order chi connectivity index (χ0) is 14.2. The van der Waals surface area contributed by atoms with E-state index in [0.717, 1.165) is 18.1 Å². The van der Waals surface area contributed by atoms with E-state index in [9.17, 15) is 0 Å². The molecule has 6 heteroatoms. The number of methoxy groups -OCH3 is 1. The maximum Gasteiger partial charge on any atom is 0.213 e. The molecule has 0 radical (unpaired) electrons. The number of hydrogen-bond donors (Lipinski definition) is 2. The van der Waals surface area contributed by atoms with Crippen LogP contribution >= 0.6 is 11.3 Å². The van der Waals surface area contributed by atoms with Crippen LogP contribution in [0.15, 0.2) is 40.1 Å². The molecule has 0 saturated carbocycles. The summed E-state index contributed by atoms with van der Waals surface area (Å²) in [6.45, 7) is 1.44. The second kappa shape index (κ2) is 7.49. The smallest absolute Gasteiger partial charge is 0.213 e. The number of guanidine groups is 1. The van der Waals surface area contributed by atoms with Crippen molar-refractivity contribution in [2.75, 3.05) is 14.2 Å². The first kappa shape index (κ1) is 14.3. The molecule has 0 saturated heterocycles. The first-order valence-electron chi connectivity index (χ1n) is 6.26. The summed E-state index contributed by atoms with van der Waals surface area (Å²) in [5, 5.41) is 10.7. The van der Waals surface area contributed by atoms with Crippen molar-refractivity contribution >= 4 is 17.3 Å². The van der Waals surface area contributed by atoms with Crippen LogP contribution in [0.4, 0.5) is 0 Å². The van der Waals surface area contributed by atoms with E-state index in [4.69, 9.17) is 4.74 Å². The predicted molar refractivity (Wildman–Crippen MR) is 82.1 cm³/mol. The first-order chi connectivity index (χ1) is 9.81. The van der Waals surface area contributed by atoms with Crippen molar-refractivity contribution in [2.45, 2.75) is 13.1 Å². The fourth-order valence-corrected chi connectivity index (χ4v) is 2.33. The molecule has 0 aliphatic heterocycles. The number of thiophene rings is 1. The van der Waals surface area contributed by atoms with E-state index in [1.807, 2.05) is 12.1 Å². The number of rotatable bonds is 5. The van der Waals surface area contributed by atoms with Crippen molar-refractivity contribution in [2.24, 2.45) is 4.99 Å². The van der Waals surface area contributed by atoms with Crippen LogP contribution < -0.4 is 15.4 Å². The summed E-state index contributed by atoms with van der Waals surface area (Å²) in [5.74, 6) is 1.39. The maximum absolute atomic E-state index is 5.10. The van der Waals surface area contributed by atoms with Gasteiger partial charge in [-0.3, -0.25) is 4.99 Å². The van der Waals surface area contributed by atoms with Gasteiger partial charge >= 0.3 is 0 Å². The minimum atomic E-state index is 0.616. The molecule has 20 heavy (non-hydrogen) atoms. The quantitative estimate of drug-likeness (QED) is 0.653. The van der Waals surface area contributed by atoms with Gasteiger partial charge in [0.25, 0.3) is 0 Å². The molecule has 0 fully saturated rings. The van der Waals surface area contributed by atoms with Gasteiger partial charge in [-0.2, -0.15) is 11.3 Å². The third-order valence-electron chi connectivity index (χ3n) is 2.73. The van der Waals surface area contributed by atoms with E-state index < -0.39 is 0 Å². The lowest BCUT2D eigenvalue weighted by atomic mass is 10.2. The Balaban J connectivity index is 1.84. The topological polar surface area (TPSA) is 58.5 Å². The zero-order valence-electron chi connectivity index (χ0n) is 11.6. The summed E-state index contributed by atoms with van der Waals surface area (Å²) in [6.07, 6.45) is 1.73. The molecule has 0 aromatic carbocycles. The molecule has 0 unspecified atom stereocenters. The van der Waals surface area contributed by atoms with E-state index in [0.29, 0.717) is 12.4 Å². The Morgan fingerprint density at radius 3 is 2.75 bits per heavy atom. The predicted octanol–water partition coefficient (Wildman–Crippen LogP) is 2.02. The van der Waals surface area contributed by atoms with Crippen LogP contribution in [0.1, 0.15) is 11.1 Å². The Kier molecular flexibility index (Phi) is 5.37. The van der Waals surface area contributed by atoms with E-state index in [2.05, 4.69) is 37.4 Å². The van der Waals surface area contributed by atoms with Gasteiger partial charge < -0.3 is 15.4 Å². The highest BCUT2D eigenvalue weighted by molar-refractivity contribution is 7.07. The minimum absolute atomic E-state index is 0.616. The van der Waals surface area contributed by atoms with E-state index >= 15 is 0 Å². The van der Waals surface area contributed by atoms with Crippen molar-refractivity contribution < 1.29 is 4.74 Å². The highest BCUT2D eigenvalue weighted by Gasteiger charge is 2.01. The van der Waals surface area contributed by atoms with Gasteiger partial charge in [-0.25, -0.2) is 4.98 Å². The molecule has 0 aliphatic carbocycles. The molecule has 2 heterocycles. The number of pyridine rings is 1. The second-order valence-corrected chi connectivity index (χ2v) is 4.90. The summed E-state index contributed by atoms with van der Waals surface area (Å²) in [6, 6.07) is 5.94. The molecule has 5 nitrogen and oxygen atoms in total. The van der Waals surface area contributed by atoms with Crippen LogP contribution in [0.2, 0.25) is 0 Å². The van der Waals surface area contributed by atoms with Gasteiger partial charge in [0.05, 0.1) is 7.11 Å². The van der Waals surface area contributed by atoms with Crippen LogP contribution in [-0.4, -0.2) is 25.1 Å². The van der Waals surface area contributed by atoms with Gasteiger partial charge in [0.15, 0.2) is 5.96 Å². The van der Waals surface area contributed by atoms with Crippen molar-refractivity contribution in [1.29, 1.82) is 0 Å². The van der Waals surface area contributed by atoms with Crippen LogP contribution in [-0.2, 0) is 13.1 Å². The van der Waals surface area contributed by atoms with Crippen LogP contribution in [0.3, 0.4) is 0 Å². The average Bonchev–Trinajstić information content (AvgIpc) is 3.01. The lowest BCUT2D eigenvalue weighted by Crippen LogP contribution is -2.36. The van der Waals surface area contributed by atoms with Gasteiger partial charge in [0.2, 0.25) is 5.88 Å². The normalized spacial score (nSPS) is 11.2. The summed E-state index contributed by atoms with van der Waals surface area (Å²) in [4.78, 5) is 8.28. The minimum Gasteiger partial charge on any atom is -0.481 e. The highest BCUT2D eigenvalue weighted by atomic mass is 32.1. The SMILES string of the molecule is CN=C(NCc1ccsc1)NCc1ccnc(OC)c1. The van der Waals surface area contributed by atoms with E-state index in [-0.39, 0.29) is 0 Å². The molecular formula is C14H18N4OS. The number of nitrogens with zero attached hydrogens (tertiary/aromatic N) is 2. The molecule has 2 aromatic heterocycles. The molecular weight excluding hydrogens is 272 g/mol. The summed E-state index contributed by atoms with van der Waals surface area (Å²) in [7, 11) is 3.37. The van der Waals surface area contributed by atoms with Crippen molar-refractivity contribution in [3.05, 3.63) is 46.3 Å². The maximum atomic E-state index is 5.10. The first-order valence-corrected chi connectivity index (χ1v) is 7.20. The molecule has 0 aliphatic rings. The molecule has 2 rings (SSSR count). The number of aliphatic imine (C=N–C) groups is 1. The largest absolute Gasteiger partial charge is 0.481 e. The van der Waals surface area contributed by atoms with E-state index in [1.165, 1.54) is 5.56 Å². The standard InChI is InChI=1S/C14H18N4OS/c1-15-14(18-9-12-4-6-20-10-12)17-8-11-3-5-16-13(7-11)19-2/h3-7,10H,8-9H2,1-2H3,(H2,15,17,18). The molecule has 106 valence electrons. The molecule has 0 atom stereocenters. The third-order valence-corrected chi connectivity index (χ3v) is 3.46. The van der Waals surface area contributed by atoms with E-state index in [1.54, 1.807) is 31.7 Å². The van der Waals surface area contributed by atoms with Gasteiger partial charge in [-0.1, -0.05) is 0 Å². The van der Waals surface area contributed by atoms with Crippen molar-refractivity contribution in [1.82, 2.24) is 15.6 Å². The Hall–Kier alpha value is -2.08. The zero-order valence-corrected chi connectivity index (χ0v) is 12.4. The highest BCUT2D eigenvalue weighted by Crippen LogP contribution is 2.08. The van der Waals surface area contributed by atoms with Gasteiger partial charge in [0, 0.05) is 32.4 Å². The molecule has 0 bridgehead atoms. The lowest BCUT2D eigenvalue weighted by Gasteiger charge is -2.11. The fraction of sp³-hybridized carbons (Fsp3) is 0.286. The monoisotopic (exact) mass is 290 g/mol. The summed E-state index contributed by atoms with van der Waals surface area (Å²) in [5.41, 5.74) is 2.35. The van der Waals surface area contributed by atoms with Gasteiger partial charge in [0.1, 0.15) is 0 Å². The third kappa shape index (κ3) is 4.24. The lowest BCUT2D eigenvalue weighted by molar-refractivity contribution is 0.397. The van der Waals surface area contributed by atoms with Gasteiger partial charge in [-0.15, -0.1) is 0 Å². The van der Waals surface area contributed by atoms with Crippen LogP contribution in [0, 0.1) is 0 Å². The fourth-order valence-electron chi connectivity index (χ4n) is 1.66. The Morgan fingerprint density at radius 2 is 2.10 bits per heavy atom. The second-order valence-electron chi connectivity index (χ2n) is 4.12.